The Labute approximate surface area is 103 Å². The first-order valence-corrected chi connectivity index (χ1v) is 5.92. The highest BCUT2D eigenvalue weighted by molar-refractivity contribution is 4.97. The maximum absolute atomic E-state index is 12.5. The van der Waals surface area contributed by atoms with E-state index in [1.807, 2.05) is 0 Å². The Balaban J connectivity index is 1.97. The summed E-state index contributed by atoms with van der Waals surface area (Å²) < 4.78 is 39.1. The average molecular weight is 263 g/mol. The number of aliphatic hydroxyl groups is 1. The molecule has 0 radical (unpaired) electrons. The van der Waals surface area contributed by atoms with Crippen molar-refractivity contribution in [3.63, 3.8) is 0 Å². The molecule has 1 aromatic rings. The molecule has 0 amide bonds. The Hall–Kier alpha value is -1.11. The standard InChI is InChI=1S/C11H16F3N3O/c1-17-9(15-7-16-17)6-10(18)4-2-8(3-5-10)11(12,13)14/h7-8,18H,2-6H2,1H3. The number of nitrogens with zero attached hydrogens (tertiary/aromatic N) is 3. The second kappa shape index (κ2) is 4.53. The van der Waals surface area contributed by atoms with E-state index in [0.717, 1.165) is 0 Å². The lowest BCUT2D eigenvalue weighted by Gasteiger charge is -2.36. The molecule has 0 spiro atoms. The van der Waals surface area contributed by atoms with Gasteiger partial charge in [-0.3, -0.25) is 4.68 Å². The molecule has 0 unspecified atom stereocenters. The van der Waals surface area contributed by atoms with Gasteiger partial charge in [0.1, 0.15) is 12.2 Å². The molecule has 1 N–H and O–H groups in total. The summed E-state index contributed by atoms with van der Waals surface area (Å²) in [7, 11) is 1.70. The van der Waals surface area contributed by atoms with Gasteiger partial charge < -0.3 is 5.11 Å². The van der Waals surface area contributed by atoms with Crippen LogP contribution in [0.1, 0.15) is 31.5 Å². The zero-order valence-electron chi connectivity index (χ0n) is 10.1. The summed E-state index contributed by atoms with van der Waals surface area (Å²) in [4.78, 5) is 3.99. The quantitative estimate of drug-likeness (QED) is 0.885. The zero-order chi connectivity index (χ0) is 13.4. The summed E-state index contributed by atoms with van der Waals surface area (Å²) in [6, 6.07) is 0. The van der Waals surface area contributed by atoms with Crippen LogP contribution in [0.5, 0.6) is 0 Å². The summed E-state index contributed by atoms with van der Waals surface area (Å²) >= 11 is 0. The van der Waals surface area contributed by atoms with Crippen LogP contribution in [0.4, 0.5) is 13.2 Å². The summed E-state index contributed by atoms with van der Waals surface area (Å²) in [5.74, 6) is -0.680. The summed E-state index contributed by atoms with van der Waals surface area (Å²) in [6.45, 7) is 0. The maximum Gasteiger partial charge on any atom is 0.391 e. The topological polar surface area (TPSA) is 50.9 Å². The average Bonchev–Trinajstić information content (AvgIpc) is 2.63. The third kappa shape index (κ3) is 2.82. The van der Waals surface area contributed by atoms with Crippen molar-refractivity contribution >= 4 is 0 Å². The van der Waals surface area contributed by atoms with Crippen LogP contribution in [0.3, 0.4) is 0 Å². The molecule has 0 saturated heterocycles. The molecule has 0 aliphatic heterocycles. The van der Waals surface area contributed by atoms with Crippen LogP contribution in [0.2, 0.25) is 0 Å². The van der Waals surface area contributed by atoms with Crippen LogP contribution >= 0.6 is 0 Å². The first-order valence-electron chi connectivity index (χ1n) is 5.92. The Morgan fingerprint density at radius 2 is 2.06 bits per heavy atom. The molecule has 0 aromatic carbocycles. The predicted octanol–water partition coefficient (Wildman–Crippen LogP) is 1.84. The van der Waals surface area contributed by atoms with Gasteiger partial charge in [-0.2, -0.15) is 18.3 Å². The molecule has 2 rings (SSSR count). The fourth-order valence-electron chi connectivity index (χ4n) is 2.43. The molecule has 1 aliphatic carbocycles. The molecule has 102 valence electrons. The van der Waals surface area contributed by atoms with E-state index >= 15 is 0 Å². The van der Waals surface area contributed by atoms with Gasteiger partial charge in [-0.25, -0.2) is 4.98 Å². The molecule has 7 heteroatoms. The van der Waals surface area contributed by atoms with Gasteiger partial charge in [0.05, 0.1) is 11.5 Å². The van der Waals surface area contributed by atoms with Gasteiger partial charge in [-0.05, 0) is 25.7 Å². The number of aryl methyl sites for hydroxylation is 1. The molecule has 1 aliphatic rings. The molecule has 0 bridgehead atoms. The van der Waals surface area contributed by atoms with Crippen molar-refractivity contribution in [1.29, 1.82) is 0 Å². The lowest BCUT2D eigenvalue weighted by molar-refractivity contribution is -0.192. The minimum atomic E-state index is -4.15. The van der Waals surface area contributed by atoms with Crippen LogP contribution in [0, 0.1) is 5.92 Å². The van der Waals surface area contributed by atoms with Gasteiger partial charge in [-0.15, -0.1) is 0 Å². The Morgan fingerprint density at radius 1 is 1.44 bits per heavy atom. The van der Waals surface area contributed by atoms with Crippen LogP contribution in [0.15, 0.2) is 6.33 Å². The fraction of sp³-hybridized carbons (Fsp3) is 0.818. The van der Waals surface area contributed by atoms with E-state index in [9.17, 15) is 18.3 Å². The van der Waals surface area contributed by atoms with E-state index in [0.29, 0.717) is 5.82 Å². The van der Waals surface area contributed by atoms with Crippen LogP contribution < -0.4 is 0 Å². The molecular weight excluding hydrogens is 247 g/mol. The predicted molar refractivity (Wildman–Crippen MR) is 57.7 cm³/mol. The van der Waals surface area contributed by atoms with E-state index in [1.165, 1.54) is 11.0 Å². The lowest BCUT2D eigenvalue weighted by Crippen LogP contribution is -2.40. The van der Waals surface area contributed by atoms with Crippen molar-refractivity contribution < 1.29 is 18.3 Å². The Bertz CT molecular complexity index is 408. The van der Waals surface area contributed by atoms with Gasteiger partial charge in [0.2, 0.25) is 0 Å². The lowest BCUT2D eigenvalue weighted by atomic mass is 9.77. The van der Waals surface area contributed by atoms with Gasteiger partial charge in [-0.1, -0.05) is 0 Å². The molecule has 18 heavy (non-hydrogen) atoms. The van der Waals surface area contributed by atoms with E-state index < -0.39 is 17.7 Å². The van der Waals surface area contributed by atoms with Gasteiger partial charge in [0, 0.05) is 13.5 Å². The first-order chi connectivity index (χ1) is 8.30. The van der Waals surface area contributed by atoms with Crippen LogP contribution in [-0.4, -0.2) is 31.6 Å². The number of rotatable bonds is 2. The van der Waals surface area contributed by atoms with Crippen molar-refractivity contribution in [3.8, 4) is 0 Å². The minimum Gasteiger partial charge on any atom is -0.389 e. The second-order valence-corrected chi connectivity index (χ2v) is 5.02. The monoisotopic (exact) mass is 263 g/mol. The molecule has 1 fully saturated rings. The molecule has 1 heterocycles. The number of halogens is 3. The molecular formula is C11H16F3N3O. The summed E-state index contributed by atoms with van der Waals surface area (Å²) in [5, 5.41) is 14.2. The molecule has 0 atom stereocenters. The van der Waals surface area contributed by atoms with Gasteiger partial charge in [0.15, 0.2) is 0 Å². The molecule has 1 aromatic heterocycles. The zero-order valence-corrected chi connectivity index (χ0v) is 10.1. The van der Waals surface area contributed by atoms with Crippen molar-refractivity contribution in [1.82, 2.24) is 14.8 Å². The number of hydrogen-bond donors (Lipinski definition) is 1. The van der Waals surface area contributed by atoms with Crippen LogP contribution in [0.25, 0.3) is 0 Å². The fourth-order valence-corrected chi connectivity index (χ4v) is 2.43. The van der Waals surface area contributed by atoms with E-state index in [4.69, 9.17) is 0 Å². The van der Waals surface area contributed by atoms with Crippen molar-refractivity contribution in [2.24, 2.45) is 13.0 Å². The van der Waals surface area contributed by atoms with Crippen molar-refractivity contribution in [2.75, 3.05) is 0 Å². The van der Waals surface area contributed by atoms with Gasteiger partial charge in [0.25, 0.3) is 0 Å². The smallest absolute Gasteiger partial charge is 0.389 e. The largest absolute Gasteiger partial charge is 0.391 e. The van der Waals surface area contributed by atoms with E-state index in [-0.39, 0.29) is 32.1 Å². The Kier molecular flexibility index (Phi) is 3.35. The first kappa shape index (κ1) is 13.3. The number of hydrogen-bond acceptors (Lipinski definition) is 3. The molecule has 4 nitrogen and oxygen atoms in total. The molecule has 1 saturated carbocycles. The highest BCUT2D eigenvalue weighted by Crippen LogP contribution is 2.41. The highest BCUT2D eigenvalue weighted by atomic mass is 19.4. The van der Waals surface area contributed by atoms with E-state index in [1.54, 1.807) is 7.05 Å². The SMILES string of the molecule is Cn1ncnc1CC1(O)CCC(C(F)(F)F)CC1. The summed E-state index contributed by atoms with van der Waals surface area (Å²) in [5.41, 5.74) is -1.08. The minimum absolute atomic E-state index is 0.0160. The van der Waals surface area contributed by atoms with Crippen molar-refractivity contribution in [3.05, 3.63) is 12.2 Å². The third-order valence-electron chi connectivity index (χ3n) is 3.67. The highest BCUT2D eigenvalue weighted by Gasteiger charge is 2.45. The Morgan fingerprint density at radius 3 is 2.50 bits per heavy atom. The van der Waals surface area contributed by atoms with Gasteiger partial charge >= 0.3 is 6.18 Å². The normalized spacial score (nSPS) is 29.5. The number of alkyl halides is 3. The third-order valence-corrected chi connectivity index (χ3v) is 3.67. The van der Waals surface area contributed by atoms with E-state index in [2.05, 4.69) is 10.1 Å². The van der Waals surface area contributed by atoms with Crippen molar-refractivity contribution in [2.45, 2.75) is 43.9 Å². The van der Waals surface area contributed by atoms with Crippen LogP contribution in [-0.2, 0) is 13.5 Å². The number of aromatic nitrogens is 3. The summed E-state index contributed by atoms with van der Waals surface area (Å²) in [6.07, 6.45) is -2.23. The second-order valence-electron chi connectivity index (χ2n) is 5.02. The maximum atomic E-state index is 12.5.